The molecular weight excluding hydrogens is 308 g/mol. The van der Waals surface area contributed by atoms with Crippen molar-refractivity contribution in [1.29, 1.82) is 0 Å². The number of hydrogen-bond acceptors (Lipinski definition) is 4. The van der Waals surface area contributed by atoms with E-state index in [1.54, 1.807) is 6.07 Å². The molecule has 0 aliphatic heterocycles. The van der Waals surface area contributed by atoms with E-state index in [0.717, 1.165) is 11.1 Å². The summed E-state index contributed by atoms with van der Waals surface area (Å²) in [4.78, 5) is 21.8. The predicted molar refractivity (Wildman–Crippen MR) is 89.3 cm³/mol. The number of benzene rings is 2. The van der Waals surface area contributed by atoms with Crippen LogP contribution in [0.4, 0.5) is 10.5 Å². The zero-order valence-corrected chi connectivity index (χ0v) is 13.1. The molecule has 2 aromatic carbocycles. The van der Waals surface area contributed by atoms with Crippen LogP contribution in [0.2, 0.25) is 0 Å². The predicted octanol–water partition coefficient (Wildman–Crippen LogP) is 3.18. The maximum Gasteiger partial charge on any atom is 0.408 e. The average Bonchev–Trinajstić information content (AvgIpc) is 2.59. The summed E-state index contributed by atoms with van der Waals surface area (Å²) >= 11 is 0. The molecule has 1 amide bonds. The third-order valence-electron chi connectivity index (χ3n) is 3.19. The van der Waals surface area contributed by atoms with E-state index in [2.05, 4.69) is 17.2 Å². The number of nitro benzene ring substituents is 1. The van der Waals surface area contributed by atoms with Crippen LogP contribution in [0.25, 0.3) is 0 Å². The summed E-state index contributed by atoms with van der Waals surface area (Å²) in [6.45, 7) is 2.09. The van der Waals surface area contributed by atoms with Crippen LogP contribution in [0.15, 0.2) is 48.5 Å². The number of carbonyl (C=O) groups is 1. The maximum absolute atomic E-state index is 11.5. The van der Waals surface area contributed by atoms with Crippen molar-refractivity contribution in [2.75, 3.05) is 6.54 Å². The maximum atomic E-state index is 11.5. The molecule has 0 aromatic heterocycles. The van der Waals surface area contributed by atoms with Gasteiger partial charge in [0, 0.05) is 17.7 Å². The fourth-order valence-electron chi connectivity index (χ4n) is 1.89. The van der Waals surface area contributed by atoms with Crippen molar-refractivity contribution >= 4 is 11.8 Å². The number of ether oxygens (including phenoxy) is 1. The number of nitrogens with one attached hydrogen (secondary N) is 1. The van der Waals surface area contributed by atoms with E-state index < -0.39 is 11.0 Å². The number of nitro groups is 1. The Morgan fingerprint density at radius 2 is 2.00 bits per heavy atom. The van der Waals surface area contributed by atoms with Crippen LogP contribution in [0.3, 0.4) is 0 Å². The Kier molecular flexibility index (Phi) is 5.92. The van der Waals surface area contributed by atoms with E-state index in [1.807, 2.05) is 37.3 Å². The lowest BCUT2D eigenvalue weighted by Gasteiger charge is -2.04. The van der Waals surface area contributed by atoms with E-state index in [4.69, 9.17) is 4.74 Å². The van der Waals surface area contributed by atoms with E-state index >= 15 is 0 Å². The first-order valence-corrected chi connectivity index (χ1v) is 7.25. The molecule has 2 aromatic rings. The van der Waals surface area contributed by atoms with Gasteiger partial charge in [0.15, 0.2) is 0 Å². The first kappa shape index (κ1) is 17.0. The Morgan fingerprint density at radius 3 is 2.71 bits per heavy atom. The van der Waals surface area contributed by atoms with E-state index in [9.17, 15) is 14.9 Å². The third-order valence-corrected chi connectivity index (χ3v) is 3.19. The number of aryl methyl sites for hydroxylation is 1. The highest BCUT2D eigenvalue weighted by Crippen LogP contribution is 2.16. The van der Waals surface area contributed by atoms with Gasteiger partial charge in [-0.15, -0.1) is 0 Å². The van der Waals surface area contributed by atoms with Crippen LogP contribution < -0.4 is 5.32 Å². The SMILES string of the molecule is Cc1ccc([N+](=O)[O-])cc1C#CCNC(=O)OCc1ccccc1. The molecule has 0 fully saturated rings. The van der Waals surface area contributed by atoms with Gasteiger partial charge in [0.1, 0.15) is 6.61 Å². The second-order valence-electron chi connectivity index (χ2n) is 4.97. The zero-order valence-electron chi connectivity index (χ0n) is 13.1. The van der Waals surface area contributed by atoms with Crippen LogP contribution in [-0.4, -0.2) is 17.6 Å². The Morgan fingerprint density at radius 1 is 1.25 bits per heavy atom. The van der Waals surface area contributed by atoms with Gasteiger partial charge in [0.05, 0.1) is 11.5 Å². The van der Waals surface area contributed by atoms with E-state index in [-0.39, 0.29) is 18.8 Å². The summed E-state index contributed by atoms with van der Waals surface area (Å²) in [6, 6.07) is 13.8. The highest BCUT2D eigenvalue weighted by atomic mass is 16.6. The minimum absolute atomic E-state index is 0.0138. The number of hydrogen-bond donors (Lipinski definition) is 1. The topological polar surface area (TPSA) is 81.5 Å². The van der Waals surface area contributed by atoms with Crippen LogP contribution in [0.1, 0.15) is 16.7 Å². The average molecular weight is 324 g/mol. The molecule has 0 saturated carbocycles. The molecule has 0 bridgehead atoms. The number of non-ortho nitro benzene ring substituents is 1. The van der Waals surface area contributed by atoms with Crippen molar-refractivity contribution in [3.8, 4) is 11.8 Å². The third kappa shape index (κ3) is 5.14. The van der Waals surface area contributed by atoms with E-state index in [1.165, 1.54) is 12.1 Å². The Balaban J connectivity index is 1.84. The number of carbonyl (C=O) groups excluding carboxylic acids is 1. The van der Waals surface area contributed by atoms with Crippen LogP contribution in [0.5, 0.6) is 0 Å². The molecule has 6 heteroatoms. The minimum atomic E-state index is -0.566. The largest absolute Gasteiger partial charge is 0.445 e. The van der Waals surface area contributed by atoms with Crippen LogP contribution in [-0.2, 0) is 11.3 Å². The molecule has 1 N–H and O–H groups in total. The second kappa shape index (κ2) is 8.34. The lowest BCUT2D eigenvalue weighted by Crippen LogP contribution is -2.24. The first-order valence-electron chi connectivity index (χ1n) is 7.25. The molecule has 0 aliphatic carbocycles. The summed E-state index contributed by atoms with van der Waals surface area (Å²) in [6.07, 6.45) is -0.566. The molecule has 0 heterocycles. The van der Waals surface area contributed by atoms with Crippen LogP contribution in [0, 0.1) is 28.9 Å². The van der Waals surface area contributed by atoms with Gasteiger partial charge in [-0.05, 0) is 18.1 Å². The highest BCUT2D eigenvalue weighted by Gasteiger charge is 2.06. The highest BCUT2D eigenvalue weighted by molar-refractivity contribution is 5.67. The normalized spacial score (nSPS) is 9.54. The molecule has 0 saturated heterocycles. The Bertz CT molecular complexity index is 792. The van der Waals surface area contributed by atoms with Crippen molar-refractivity contribution in [3.05, 3.63) is 75.3 Å². The van der Waals surface area contributed by atoms with Crippen molar-refractivity contribution in [2.24, 2.45) is 0 Å². The molecule has 2 rings (SSSR count). The zero-order chi connectivity index (χ0) is 17.4. The van der Waals surface area contributed by atoms with Gasteiger partial charge in [0.2, 0.25) is 0 Å². The lowest BCUT2D eigenvalue weighted by molar-refractivity contribution is -0.384. The number of amides is 1. The van der Waals surface area contributed by atoms with E-state index in [0.29, 0.717) is 5.56 Å². The first-order chi connectivity index (χ1) is 11.6. The molecule has 24 heavy (non-hydrogen) atoms. The quantitative estimate of drug-likeness (QED) is 0.532. The molecule has 0 aliphatic rings. The van der Waals surface area contributed by atoms with Crippen molar-refractivity contribution < 1.29 is 14.5 Å². The van der Waals surface area contributed by atoms with Gasteiger partial charge in [-0.3, -0.25) is 10.1 Å². The fourth-order valence-corrected chi connectivity index (χ4v) is 1.89. The van der Waals surface area contributed by atoms with Gasteiger partial charge in [-0.2, -0.15) is 0 Å². The summed E-state index contributed by atoms with van der Waals surface area (Å²) in [7, 11) is 0. The molecule has 122 valence electrons. The van der Waals surface area contributed by atoms with Crippen molar-refractivity contribution in [2.45, 2.75) is 13.5 Å². The minimum Gasteiger partial charge on any atom is -0.445 e. The molecule has 0 atom stereocenters. The lowest BCUT2D eigenvalue weighted by atomic mass is 10.1. The molecule has 0 unspecified atom stereocenters. The smallest absolute Gasteiger partial charge is 0.408 e. The van der Waals surface area contributed by atoms with Crippen LogP contribution >= 0.6 is 0 Å². The summed E-state index contributed by atoms with van der Waals surface area (Å²) in [5.74, 6) is 5.57. The number of rotatable bonds is 4. The summed E-state index contributed by atoms with van der Waals surface area (Å²) in [5, 5.41) is 13.3. The van der Waals surface area contributed by atoms with Gasteiger partial charge in [0.25, 0.3) is 5.69 Å². The molecular formula is C18H16N2O4. The van der Waals surface area contributed by atoms with Gasteiger partial charge >= 0.3 is 6.09 Å². The number of nitrogens with zero attached hydrogens (tertiary/aromatic N) is 1. The molecule has 0 spiro atoms. The summed E-state index contributed by atoms with van der Waals surface area (Å²) in [5.41, 5.74) is 2.27. The Hall–Kier alpha value is -3.33. The van der Waals surface area contributed by atoms with Crippen molar-refractivity contribution in [1.82, 2.24) is 5.32 Å². The van der Waals surface area contributed by atoms with Gasteiger partial charge in [-0.25, -0.2) is 4.79 Å². The monoisotopic (exact) mass is 324 g/mol. The summed E-state index contributed by atoms with van der Waals surface area (Å²) < 4.78 is 5.05. The van der Waals surface area contributed by atoms with Gasteiger partial charge in [-0.1, -0.05) is 48.2 Å². The Labute approximate surface area is 139 Å². The molecule has 0 radical (unpaired) electrons. The standard InChI is InChI=1S/C18H16N2O4/c1-14-9-10-17(20(22)23)12-16(14)8-5-11-19-18(21)24-13-15-6-3-2-4-7-15/h2-4,6-7,9-10,12H,11,13H2,1H3,(H,19,21). The number of alkyl carbamates (subject to hydrolysis) is 1. The second-order valence-corrected chi connectivity index (χ2v) is 4.97. The fraction of sp³-hybridized carbons (Fsp3) is 0.167. The van der Waals surface area contributed by atoms with Crippen molar-refractivity contribution in [3.63, 3.8) is 0 Å². The molecule has 6 nitrogen and oxygen atoms in total. The van der Waals surface area contributed by atoms with Gasteiger partial charge < -0.3 is 10.1 Å².